The Hall–Kier alpha value is -2.50. The van der Waals surface area contributed by atoms with Gasteiger partial charge in [0.05, 0.1) is 4.92 Å². The minimum Gasteiger partial charge on any atom is -0.320 e. The van der Waals surface area contributed by atoms with Crippen molar-refractivity contribution < 1.29 is 9.31 Å². The van der Waals surface area contributed by atoms with E-state index < -0.39 is 4.92 Å². The molecule has 1 aromatic heterocycles. The van der Waals surface area contributed by atoms with Gasteiger partial charge >= 0.3 is 0 Å². The highest BCUT2D eigenvalue weighted by atomic mass is 19.1. The molecule has 2 aromatic rings. The first-order valence-electron chi connectivity index (χ1n) is 8.70. The van der Waals surface area contributed by atoms with Gasteiger partial charge in [-0.2, -0.15) is 0 Å². The van der Waals surface area contributed by atoms with Crippen molar-refractivity contribution in [2.75, 3.05) is 4.90 Å². The molecule has 0 N–H and O–H groups in total. The zero-order valence-electron chi connectivity index (χ0n) is 14.1. The van der Waals surface area contributed by atoms with Crippen molar-refractivity contribution in [3.8, 4) is 0 Å². The van der Waals surface area contributed by atoms with E-state index in [1.165, 1.54) is 18.3 Å². The van der Waals surface area contributed by atoms with E-state index in [0.717, 1.165) is 43.4 Å². The Labute approximate surface area is 145 Å². The molecule has 1 aliphatic heterocycles. The number of anilines is 2. The smallest absolute Gasteiger partial charge is 0.287 e. The van der Waals surface area contributed by atoms with Crippen LogP contribution in [0.3, 0.4) is 0 Å². The lowest BCUT2D eigenvalue weighted by Crippen LogP contribution is -2.48. The number of pyridine rings is 1. The third kappa shape index (κ3) is 2.56. The van der Waals surface area contributed by atoms with Crippen LogP contribution in [0.15, 0.2) is 36.5 Å². The monoisotopic (exact) mass is 341 g/mol. The molecule has 0 saturated heterocycles. The van der Waals surface area contributed by atoms with Crippen LogP contribution in [0.2, 0.25) is 0 Å². The molecule has 1 saturated carbocycles. The highest BCUT2D eigenvalue weighted by molar-refractivity contribution is 5.70. The molecule has 130 valence electrons. The Morgan fingerprint density at radius 2 is 2.04 bits per heavy atom. The first-order valence-corrected chi connectivity index (χ1v) is 8.70. The van der Waals surface area contributed by atoms with E-state index >= 15 is 0 Å². The fourth-order valence-corrected chi connectivity index (χ4v) is 4.60. The first kappa shape index (κ1) is 16.0. The van der Waals surface area contributed by atoms with Crippen molar-refractivity contribution in [2.45, 2.75) is 50.5 Å². The van der Waals surface area contributed by atoms with E-state index in [0.29, 0.717) is 5.82 Å². The predicted molar refractivity (Wildman–Crippen MR) is 93.7 cm³/mol. The minimum absolute atomic E-state index is 0.0195. The van der Waals surface area contributed by atoms with E-state index in [-0.39, 0.29) is 23.0 Å². The van der Waals surface area contributed by atoms with Gasteiger partial charge in [0.2, 0.25) is 0 Å². The van der Waals surface area contributed by atoms with Gasteiger partial charge in [0.25, 0.3) is 5.69 Å². The predicted octanol–water partition coefficient (Wildman–Crippen LogP) is 5.09. The molecular formula is C19H20FN3O2. The van der Waals surface area contributed by atoms with Crippen molar-refractivity contribution in [1.82, 2.24) is 4.98 Å². The van der Waals surface area contributed by atoms with E-state index in [1.54, 1.807) is 12.1 Å². The van der Waals surface area contributed by atoms with Crippen molar-refractivity contribution >= 4 is 17.2 Å². The molecule has 4 rings (SSSR count). The lowest BCUT2D eigenvalue weighted by Gasteiger charge is -2.49. The Balaban J connectivity index is 1.86. The van der Waals surface area contributed by atoms with E-state index in [2.05, 4.69) is 16.8 Å². The van der Waals surface area contributed by atoms with Crippen LogP contribution in [0.25, 0.3) is 0 Å². The molecular weight excluding hydrogens is 321 g/mol. The number of nitro groups is 1. The molecule has 1 aliphatic carbocycles. The standard InChI is InChI=1S/C19H20FN3O2/c1-13-11-19(8-2-3-9-19)22(17-6-4-14(20)10-16(13)17)18-7-5-15(12-21-18)23(24)25/h4-7,10,12-13H,2-3,8-9,11H2,1H3. The molecule has 1 spiro atoms. The normalized spacial score (nSPS) is 21.4. The first-order chi connectivity index (χ1) is 12.0. The number of rotatable bonds is 2. The summed E-state index contributed by atoms with van der Waals surface area (Å²) in [7, 11) is 0. The molecule has 25 heavy (non-hydrogen) atoms. The highest BCUT2D eigenvalue weighted by Crippen LogP contribution is 2.53. The fraction of sp³-hybridized carbons (Fsp3) is 0.421. The van der Waals surface area contributed by atoms with Crippen LogP contribution in [-0.4, -0.2) is 15.4 Å². The molecule has 2 aliphatic rings. The quantitative estimate of drug-likeness (QED) is 0.564. The fourth-order valence-electron chi connectivity index (χ4n) is 4.60. The van der Waals surface area contributed by atoms with Crippen LogP contribution in [0.5, 0.6) is 0 Å². The SMILES string of the molecule is CC1CC2(CCCC2)N(c2ccc([N+](=O)[O-])cn2)c2ccc(F)cc21. The largest absolute Gasteiger partial charge is 0.320 e. The van der Waals surface area contributed by atoms with Gasteiger partial charge in [-0.15, -0.1) is 0 Å². The van der Waals surface area contributed by atoms with E-state index in [9.17, 15) is 14.5 Å². The van der Waals surface area contributed by atoms with Crippen molar-refractivity contribution in [2.24, 2.45) is 0 Å². The summed E-state index contributed by atoms with van der Waals surface area (Å²) in [5.74, 6) is 0.745. The van der Waals surface area contributed by atoms with Gasteiger partial charge in [-0.05, 0) is 55.0 Å². The zero-order valence-corrected chi connectivity index (χ0v) is 14.1. The Kier molecular flexibility index (Phi) is 3.71. The molecule has 6 heteroatoms. The van der Waals surface area contributed by atoms with Gasteiger partial charge in [0.15, 0.2) is 0 Å². The van der Waals surface area contributed by atoms with Crippen LogP contribution in [0.1, 0.15) is 50.5 Å². The average molecular weight is 341 g/mol. The summed E-state index contributed by atoms with van der Waals surface area (Å²) in [6.45, 7) is 2.15. The number of hydrogen-bond donors (Lipinski definition) is 0. The van der Waals surface area contributed by atoms with Gasteiger partial charge in [-0.1, -0.05) is 19.8 Å². The summed E-state index contributed by atoms with van der Waals surface area (Å²) in [6.07, 6.45) is 6.69. The topological polar surface area (TPSA) is 59.3 Å². The van der Waals surface area contributed by atoms with Crippen LogP contribution in [0, 0.1) is 15.9 Å². The molecule has 1 fully saturated rings. The number of hydrogen-bond acceptors (Lipinski definition) is 4. The van der Waals surface area contributed by atoms with Crippen LogP contribution < -0.4 is 4.90 Å². The summed E-state index contributed by atoms with van der Waals surface area (Å²) >= 11 is 0. The zero-order chi connectivity index (χ0) is 17.6. The van der Waals surface area contributed by atoms with Crippen LogP contribution in [0.4, 0.5) is 21.6 Å². The summed E-state index contributed by atoms with van der Waals surface area (Å²) in [5, 5.41) is 10.9. The maximum atomic E-state index is 13.8. The summed E-state index contributed by atoms with van der Waals surface area (Å²) in [6, 6.07) is 8.12. The molecule has 0 bridgehead atoms. The number of aromatic nitrogens is 1. The van der Waals surface area contributed by atoms with Gasteiger partial charge < -0.3 is 4.90 Å². The lowest BCUT2D eigenvalue weighted by atomic mass is 9.76. The third-order valence-corrected chi connectivity index (χ3v) is 5.63. The van der Waals surface area contributed by atoms with Gasteiger partial charge in [-0.25, -0.2) is 9.37 Å². The minimum atomic E-state index is -0.441. The van der Waals surface area contributed by atoms with Gasteiger partial charge in [0, 0.05) is 17.3 Å². The maximum absolute atomic E-state index is 13.8. The number of fused-ring (bicyclic) bond motifs is 1. The second kappa shape index (κ2) is 5.79. The second-order valence-electron chi connectivity index (χ2n) is 7.21. The van der Waals surface area contributed by atoms with Crippen molar-refractivity contribution in [1.29, 1.82) is 0 Å². The molecule has 1 unspecified atom stereocenters. The molecule has 0 radical (unpaired) electrons. The summed E-state index contributed by atoms with van der Waals surface area (Å²) in [4.78, 5) is 17.1. The third-order valence-electron chi connectivity index (χ3n) is 5.63. The van der Waals surface area contributed by atoms with E-state index in [4.69, 9.17) is 0 Å². The van der Waals surface area contributed by atoms with Gasteiger partial charge in [0.1, 0.15) is 17.8 Å². The van der Waals surface area contributed by atoms with Gasteiger partial charge in [-0.3, -0.25) is 10.1 Å². The van der Waals surface area contributed by atoms with Crippen molar-refractivity contribution in [3.63, 3.8) is 0 Å². The molecule has 5 nitrogen and oxygen atoms in total. The summed E-state index contributed by atoms with van der Waals surface area (Å²) < 4.78 is 13.8. The Bertz CT molecular complexity index is 816. The molecule has 2 heterocycles. The highest BCUT2D eigenvalue weighted by Gasteiger charge is 2.46. The molecule has 1 aromatic carbocycles. The lowest BCUT2D eigenvalue weighted by molar-refractivity contribution is -0.385. The van der Waals surface area contributed by atoms with Crippen LogP contribution in [-0.2, 0) is 0 Å². The molecule has 1 atom stereocenters. The van der Waals surface area contributed by atoms with Crippen LogP contribution >= 0.6 is 0 Å². The van der Waals surface area contributed by atoms with Crippen molar-refractivity contribution in [3.05, 3.63) is 58.0 Å². The summed E-state index contributed by atoms with van der Waals surface area (Å²) in [5.41, 5.74) is 1.91. The second-order valence-corrected chi connectivity index (χ2v) is 7.21. The average Bonchev–Trinajstić information content (AvgIpc) is 3.04. The number of benzene rings is 1. The maximum Gasteiger partial charge on any atom is 0.287 e. The molecule has 0 amide bonds. The van der Waals surface area contributed by atoms with E-state index in [1.807, 2.05) is 6.07 Å². The Morgan fingerprint density at radius 3 is 2.68 bits per heavy atom. The Morgan fingerprint density at radius 1 is 1.28 bits per heavy atom. The number of halogens is 1. The number of nitrogens with zero attached hydrogens (tertiary/aromatic N) is 3.